The van der Waals surface area contributed by atoms with E-state index in [-0.39, 0.29) is 5.54 Å². The Balaban J connectivity index is 2.64. The molecule has 2 N–H and O–H groups in total. The van der Waals surface area contributed by atoms with Crippen LogP contribution in [0.1, 0.15) is 20.8 Å². The molecule has 52 valence electrons. The zero-order valence-electron chi connectivity index (χ0n) is 6.58. The Hall–Kier alpha value is -0.370. The molecule has 0 aromatic carbocycles. The third-order valence-electron chi connectivity index (χ3n) is 2.45. The summed E-state index contributed by atoms with van der Waals surface area (Å²) in [5, 5.41) is 3.36. The fourth-order valence-corrected chi connectivity index (χ4v) is 1.10. The predicted octanol–water partition coefficient (Wildman–Crippen LogP) is -1.09. The van der Waals surface area contributed by atoms with Gasteiger partial charge in [0.15, 0.2) is 5.71 Å². The van der Waals surface area contributed by atoms with Crippen molar-refractivity contribution in [2.45, 2.75) is 32.4 Å². The molecule has 9 heavy (non-hydrogen) atoms. The predicted molar refractivity (Wildman–Crippen MR) is 38.6 cm³/mol. The molecule has 0 spiro atoms. The smallest absolute Gasteiger partial charge is 0.168 e. The van der Waals surface area contributed by atoms with Gasteiger partial charge >= 0.3 is 0 Å². The first-order chi connectivity index (χ1) is 4.11. The molecule has 0 saturated carbocycles. The molecular formula is C7H15N2+. The quantitative estimate of drug-likeness (QED) is 0.341. The Kier molecular flexibility index (Phi) is 1.35. The monoisotopic (exact) mass is 127 g/mol. The Bertz CT molecular complexity index is 151. The molecule has 0 aromatic rings. The van der Waals surface area contributed by atoms with Crippen molar-refractivity contribution in [3.63, 3.8) is 0 Å². The lowest BCUT2D eigenvalue weighted by Gasteiger charge is -1.98. The van der Waals surface area contributed by atoms with Crippen molar-refractivity contribution in [1.82, 2.24) is 5.32 Å². The van der Waals surface area contributed by atoms with Crippen LogP contribution in [-0.4, -0.2) is 24.3 Å². The van der Waals surface area contributed by atoms with E-state index in [0.29, 0.717) is 6.04 Å². The Labute approximate surface area is 56.4 Å². The van der Waals surface area contributed by atoms with Gasteiger partial charge in [-0.2, -0.15) is 0 Å². The van der Waals surface area contributed by atoms with Gasteiger partial charge in [0.05, 0.1) is 0 Å². The maximum Gasteiger partial charge on any atom is 0.168 e. The molecule has 0 amide bonds. The second kappa shape index (κ2) is 1.81. The van der Waals surface area contributed by atoms with Gasteiger partial charge in [0.1, 0.15) is 12.6 Å². The Morgan fingerprint density at radius 2 is 2.11 bits per heavy atom. The van der Waals surface area contributed by atoms with Gasteiger partial charge in [-0.1, -0.05) is 0 Å². The van der Waals surface area contributed by atoms with Gasteiger partial charge in [-0.15, -0.1) is 0 Å². The molecule has 2 nitrogen and oxygen atoms in total. The lowest BCUT2D eigenvalue weighted by Crippen LogP contribution is -2.70. The summed E-state index contributed by atoms with van der Waals surface area (Å²) in [6.07, 6.45) is 0. The minimum absolute atomic E-state index is 0.273. The zero-order chi connectivity index (χ0) is 7.07. The molecule has 1 aliphatic rings. The highest BCUT2D eigenvalue weighted by molar-refractivity contribution is 5.90. The van der Waals surface area contributed by atoms with E-state index in [1.807, 2.05) is 7.05 Å². The van der Waals surface area contributed by atoms with Crippen LogP contribution in [-0.2, 0) is 0 Å². The fourth-order valence-electron chi connectivity index (χ4n) is 1.10. The molecule has 2 atom stereocenters. The van der Waals surface area contributed by atoms with Crippen LogP contribution in [0.15, 0.2) is 0 Å². The van der Waals surface area contributed by atoms with Crippen molar-refractivity contribution in [1.29, 1.82) is 0 Å². The minimum Gasteiger partial charge on any atom is -0.297 e. The largest absolute Gasteiger partial charge is 0.297 e. The van der Waals surface area contributed by atoms with Crippen LogP contribution in [0.25, 0.3) is 0 Å². The van der Waals surface area contributed by atoms with E-state index < -0.39 is 0 Å². The Morgan fingerprint density at radius 1 is 1.67 bits per heavy atom. The summed E-state index contributed by atoms with van der Waals surface area (Å²) < 4.78 is 0. The van der Waals surface area contributed by atoms with Crippen molar-refractivity contribution in [3.05, 3.63) is 0 Å². The van der Waals surface area contributed by atoms with E-state index >= 15 is 0 Å². The van der Waals surface area contributed by atoms with Crippen molar-refractivity contribution in [3.8, 4) is 0 Å². The SMILES string of the molecule is C[NH+]=C(C)[C@@]1(C)N[C@@H]1C. The van der Waals surface area contributed by atoms with E-state index in [1.165, 1.54) is 5.71 Å². The number of hydrogen-bond acceptors (Lipinski definition) is 1. The lowest BCUT2D eigenvalue weighted by molar-refractivity contribution is -0.422. The van der Waals surface area contributed by atoms with Gasteiger partial charge in [-0.05, 0) is 13.8 Å². The van der Waals surface area contributed by atoms with Gasteiger partial charge in [-0.25, -0.2) is 0 Å². The first kappa shape index (κ1) is 6.75. The van der Waals surface area contributed by atoms with Crippen molar-refractivity contribution in [2.24, 2.45) is 0 Å². The minimum atomic E-state index is 0.273. The average molecular weight is 127 g/mol. The van der Waals surface area contributed by atoms with Crippen LogP contribution in [0.2, 0.25) is 0 Å². The molecule has 0 radical (unpaired) electrons. The normalized spacial score (nSPS) is 43.1. The number of rotatable bonds is 1. The third kappa shape index (κ3) is 0.874. The summed E-state index contributed by atoms with van der Waals surface area (Å²) in [6.45, 7) is 6.53. The summed E-state index contributed by atoms with van der Waals surface area (Å²) in [6, 6.07) is 0.643. The highest BCUT2D eigenvalue weighted by Gasteiger charge is 2.51. The number of hydrogen-bond donors (Lipinski definition) is 2. The first-order valence-corrected chi connectivity index (χ1v) is 3.40. The van der Waals surface area contributed by atoms with Crippen LogP contribution >= 0.6 is 0 Å². The van der Waals surface area contributed by atoms with Gasteiger partial charge in [0.2, 0.25) is 0 Å². The van der Waals surface area contributed by atoms with E-state index in [4.69, 9.17) is 0 Å². The summed E-state index contributed by atoms with van der Waals surface area (Å²) in [5.41, 5.74) is 1.60. The van der Waals surface area contributed by atoms with Crippen LogP contribution in [0.3, 0.4) is 0 Å². The van der Waals surface area contributed by atoms with Crippen LogP contribution < -0.4 is 10.3 Å². The van der Waals surface area contributed by atoms with Crippen LogP contribution in [0, 0.1) is 0 Å². The van der Waals surface area contributed by atoms with Crippen LogP contribution in [0.5, 0.6) is 0 Å². The summed E-state index contributed by atoms with van der Waals surface area (Å²) >= 11 is 0. The molecule has 1 saturated heterocycles. The maximum absolute atomic E-state index is 3.36. The van der Waals surface area contributed by atoms with Gasteiger partial charge < -0.3 is 0 Å². The van der Waals surface area contributed by atoms with E-state index in [9.17, 15) is 0 Å². The average Bonchev–Trinajstić information content (AvgIpc) is 2.41. The fraction of sp³-hybridized carbons (Fsp3) is 0.857. The summed E-state index contributed by atoms with van der Waals surface area (Å²) in [5.74, 6) is 0. The van der Waals surface area contributed by atoms with Gasteiger partial charge in [0.25, 0.3) is 0 Å². The maximum atomic E-state index is 3.36. The molecule has 1 aliphatic heterocycles. The second-order valence-corrected chi connectivity index (χ2v) is 2.94. The zero-order valence-corrected chi connectivity index (χ0v) is 6.58. The van der Waals surface area contributed by atoms with Crippen LogP contribution in [0.4, 0.5) is 0 Å². The molecule has 0 unspecified atom stereocenters. The lowest BCUT2D eigenvalue weighted by atomic mass is 10.0. The standard InChI is InChI=1S/C7H14N2/c1-5(8-4)7(3)6(2)9-7/h6,9H,1-4H3/p+1/t6-,7-/m1/s1. The molecule has 1 heterocycles. The molecule has 0 bridgehead atoms. The summed E-state index contributed by atoms with van der Waals surface area (Å²) in [4.78, 5) is 3.15. The summed E-state index contributed by atoms with van der Waals surface area (Å²) in [7, 11) is 1.97. The molecule has 2 heteroatoms. The second-order valence-electron chi connectivity index (χ2n) is 2.94. The highest BCUT2D eigenvalue weighted by atomic mass is 15.2. The van der Waals surface area contributed by atoms with Crippen molar-refractivity contribution in [2.75, 3.05) is 7.05 Å². The van der Waals surface area contributed by atoms with E-state index in [0.717, 1.165) is 0 Å². The van der Waals surface area contributed by atoms with Gasteiger partial charge in [-0.3, -0.25) is 10.3 Å². The van der Waals surface area contributed by atoms with E-state index in [1.54, 1.807) is 0 Å². The molecule has 1 rings (SSSR count). The Morgan fingerprint density at radius 3 is 2.22 bits per heavy atom. The van der Waals surface area contributed by atoms with Crippen molar-refractivity contribution >= 4 is 5.71 Å². The third-order valence-corrected chi connectivity index (χ3v) is 2.45. The molecule has 0 aliphatic carbocycles. The molecular weight excluding hydrogens is 112 g/mol. The molecule has 1 fully saturated rings. The highest BCUT2D eigenvalue weighted by Crippen LogP contribution is 2.24. The van der Waals surface area contributed by atoms with E-state index in [2.05, 4.69) is 31.1 Å². The first-order valence-electron chi connectivity index (χ1n) is 3.40. The van der Waals surface area contributed by atoms with Crippen molar-refractivity contribution < 1.29 is 4.99 Å². The number of nitrogens with one attached hydrogen (secondary N) is 2. The topological polar surface area (TPSA) is 35.9 Å². The molecule has 0 aromatic heterocycles. The van der Waals surface area contributed by atoms with Gasteiger partial charge in [0, 0.05) is 13.0 Å².